The lowest BCUT2D eigenvalue weighted by Crippen LogP contribution is -2.58. The number of aromatic nitrogens is 6. The summed E-state index contributed by atoms with van der Waals surface area (Å²) in [7, 11) is 1.79. The first-order valence-corrected chi connectivity index (χ1v) is 12.9. The van der Waals surface area contributed by atoms with E-state index in [-0.39, 0.29) is 5.54 Å². The first-order valence-electron chi connectivity index (χ1n) is 12.5. The third-order valence-corrected chi connectivity index (χ3v) is 7.35. The van der Waals surface area contributed by atoms with Gasteiger partial charge >= 0.3 is 0 Å². The maximum Gasteiger partial charge on any atom is 0.230 e. The van der Waals surface area contributed by atoms with Crippen molar-refractivity contribution in [2.45, 2.75) is 65.0 Å². The molecule has 10 nitrogen and oxygen atoms in total. The van der Waals surface area contributed by atoms with E-state index < -0.39 is 0 Å². The Morgan fingerprint density at radius 2 is 1.83 bits per heavy atom. The van der Waals surface area contributed by atoms with Crippen LogP contribution in [0.15, 0.2) is 18.5 Å². The van der Waals surface area contributed by atoms with Crippen LogP contribution in [0.5, 0.6) is 0 Å². The Balaban J connectivity index is 1.44. The van der Waals surface area contributed by atoms with Crippen molar-refractivity contribution in [3.63, 3.8) is 0 Å². The van der Waals surface area contributed by atoms with Gasteiger partial charge in [0.2, 0.25) is 5.95 Å². The number of rotatable bonds is 6. The highest BCUT2D eigenvalue weighted by molar-refractivity contribution is 6.32. The van der Waals surface area contributed by atoms with Gasteiger partial charge in [0, 0.05) is 38.3 Å². The second-order valence-electron chi connectivity index (χ2n) is 10.8. The van der Waals surface area contributed by atoms with Crippen LogP contribution in [-0.2, 0) is 7.05 Å². The second-order valence-corrected chi connectivity index (χ2v) is 11.2. The number of hydrogen-bond acceptors (Lipinski definition) is 9. The Morgan fingerprint density at radius 1 is 1.06 bits per heavy atom. The molecule has 1 unspecified atom stereocenters. The smallest absolute Gasteiger partial charge is 0.230 e. The molecule has 0 radical (unpaired) electrons. The molecule has 1 aliphatic carbocycles. The molecule has 11 heteroatoms. The van der Waals surface area contributed by atoms with Gasteiger partial charge in [0.15, 0.2) is 11.6 Å². The lowest BCUT2D eigenvalue weighted by Gasteiger charge is -2.47. The molecule has 4 heterocycles. The van der Waals surface area contributed by atoms with Crippen LogP contribution in [0.25, 0.3) is 0 Å². The molecule has 2 N–H and O–H groups in total. The minimum atomic E-state index is 0.125. The lowest BCUT2D eigenvalue weighted by atomic mass is 10.0. The molecule has 5 rings (SSSR count). The predicted molar refractivity (Wildman–Crippen MR) is 144 cm³/mol. The minimum Gasteiger partial charge on any atom is -0.364 e. The summed E-state index contributed by atoms with van der Waals surface area (Å²) in [6.07, 6.45) is 5.89. The Labute approximate surface area is 217 Å². The van der Waals surface area contributed by atoms with Crippen molar-refractivity contribution < 1.29 is 0 Å². The van der Waals surface area contributed by atoms with Gasteiger partial charge in [-0.15, -0.1) is 5.10 Å². The van der Waals surface area contributed by atoms with Crippen LogP contribution in [0.4, 0.5) is 29.1 Å². The van der Waals surface area contributed by atoms with Crippen LogP contribution in [0.3, 0.4) is 0 Å². The first kappa shape index (κ1) is 24.7. The molecule has 3 aromatic heterocycles. The third kappa shape index (κ3) is 5.24. The molecule has 3 aromatic rings. The maximum absolute atomic E-state index is 6.52. The van der Waals surface area contributed by atoms with E-state index in [1.54, 1.807) is 13.2 Å². The van der Waals surface area contributed by atoms with Crippen LogP contribution in [0, 0.1) is 6.92 Å². The van der Waals surface area contributed by atoms with Crippen molar-refractivity contribution in [3.8, 4) is 0 Å². The molecule has 2 aliphatic rings. The number of aryl methyl sites for hydroxylation is 2. The Hall–Kier alpha value is -2.98. The van der Waals surface area contributed by atoms with E-state index in [1.807, 2.05) is 19.2 Å². The minimum absolute atomic E-state index is 0.125. The van der Waals surface area contributed by atoms with Crippen molar-refractivity contribution in [1.82, 2.24) is 34.8 Å². The summed E-state index contributed by atoms with van der Waals surface area (Å²) in [5, 5.41) is 16.0. The zero-order chi connectivity index (χ0) is 25.6. The number of pyridine rings is 1. The van der Waals surface area contributed by atoms with Gasteiger partial charge in [-0.3, -0.25) is 4.90 Å². The number of nitrogens with one attached hydrogen (secondary N) is 2. The van der Waals surface area contributed by atoms with Gasteiger partial charge in [-0.05, 0) is 65.0 Å². The van der Waals surface area contributed by atoms with Gasteiger partial charge < -0.3 is 15.5 Å². The molecular weight excluding hydrogens is 476 g/mol. The highest BCUT2D eigenvalue weighted by Crippen LogP contribution is 2.44. The zero-order valence-corrected chi connectivity index (χ0v) is 22.6. The Bertz CT molecular complexity index is 1250. The summed E-state index contributed by atoms with van der Waals surface area (Å²) in [5.41, 5.74) is 3.01. The van der Waals surface area contributed by atoms with Gasteiger partial charge in [0.05, 0.1) is 28.8 Å². The molecule has 2 fully saturated rings. The monoisotopic (exact) mass is 510 g/mol. The SMILES string of the molecule is Cc1nc(Nc2ncc(N3CCN(C(C)(C)C)C(C)C3)c(Nc3cnn(C)n3)n2)cc(C2CC2)c1Cl. The van der Waals surface area contributed by atoms with Gasteiger partial charge in [-0.1, -0.05) is 11.6 Å². The van der Waals surface area contributed by atoms with E-state index in [0.717, 1.165) is 41.6 Å². The van der Waals surface area contributed by atoms with Crippen LogP contribution < -0.4 is 15.5 Å². The highest BCUT2D eigenvalue weighted by atomic mass is 35.5. The van der Waals surface area contributed by atoms with Crippen LogP contribution in [-0.4, -0.2) is 66.1 Å². The molecule has 1 saturated heterocycles. The molecule has 0 spiro atoms. The zero-order valence-electron chi connectivity index (χ0n) is 21.9. The fourth-order valence-corrected chi connectivity index (χ4v) is 5.26. The lowest BCUT2D eigenvalue weighted by molar-refractivity contribution is 0.0799. The average Bonchev–Trinajstić information content (AvgIpc) is 3.57. The summed E-state index contributed by atoms with van der Waals surface area (Å²) < 4.78 is 0. The van der Waals surface area contributed by atoms with E-state index in [9.17, 15) is 0 Å². The van der Waals surface area contributed by atoms with Crippen LogP contribution in [0.1, 0.15) is 57.7 Å². The fourth-order valence-electron chi connectivity index (χ4n) is 5.01. The molecule has 1 aliphatic heterocycles. The Kier molecular flexibility index (Phi) is 6.50. The number of anilines is 5. The number of hydrogen-bond donors (Lipinski definition) is 2. The van der Waals surface area contributed by atoms with E-state index >= 15 is 0 Å². The van der Waals surface area contributed by atoms with Gasteiger partial charge in [-0.2, -0.15) is 14.9 Å². The number of piperazine rings is 1. The topological polar surface area (TPSA) is 99.9 Å². The molecular formula is C25H35ClN10. The molecule has 192 valence electrons. The maximum atomic E-state index is 6.52. The van der Waals surface area contributed by atoms with Crippen molar-refractivity contribution >= 4 is 40.7 Å². The third-order valence-electron chi connectivity index (χ3n) is 6.85. The van der Waals surface area contributed by atoms with Crippen molar-refractivity contribution in [3.05, 3.63) is 34.7 Å². The van der Waals surface area contributed by atoms with Gasteiger partial charge in [-0.25, -0.2) is 9.97 Å². The number of halogens is 1. The van der Waals surface area contributed by atoms with E-state index in [4.69, 9.17) is 16.6 Å². The summed E-state index contributed by atoms with van der Waals surface area (Å²) >= 11 is 6.52. The molecule has 0 aromatic carbocycles. The normalized spacial score (nSPS) is 19.0. The highest BCUT2D eigenvalue weighted by Gasteiger charge is 2.32. The van der Waals surface area contributed by atoms with Crippen LogP contribution >= 0.6 is 11.6 Å². The average molecular weight is 511 g/mol. The quantitative estimate of drug-likeness (QED) is 0.491. The van der Waals surface area contributed by atoms with Gasteiger partial charge in [0.1, 0.15) is 5.82 Å². The summed E-state index contributed by atoms with van der Waals surface area (Å²) in [5.74, 6) is 2.98. The van der Waals surface area contributed by atoms with Crippen LogP contribution in [0.2, 0.25) is 5.02 Å². The molecule has 0 amide bonds. The van der Waals surface area contributed by atoms with E-state index in [2.05, 4.69) is 68.3 Å². The molecule has 0 bridgehead atoms. The van der Waals surface area contributed by atoms with E-state index in [1.165, 1.54) is 17.6 Å². The first-order chi connectivity index (χ1) is 17.1. The molecule has 1 atom stereocenters. The second kappa shape index (κ2) is 9.48. The fraction of sp³-hybridized carbons (Fsp3) is 0.560. The van der Waals surface area contributed by atoms with Crippen molar-refractivity contribution in [1.29, 1.82) is 0 Å². The number of nitrogens with zero attached hydrogens (tertiary/aromatic N) is 8. The Morgan fingerprint density at radius 3 is 2.47 bits per heavy atom. The summed E-state index contributed by atoms with van der Waals surface area (Å²) in [6.45, 7) is 13.7. The largest absolute Gasteiger partial charge is 0.364 e. The molecule has 1 saturated carbocycles. The molecule has 36 heavy (non-hydrogen) atoms. The summed E-state index contributed by atoms with van der Waals surface area (Å²) in [6, 6.07) is 2.41. The predicted octanol–water partition coefficient (Wildman–Crippen LogP) is 4.64. The standard InChI is InChI=1S/C25H35ClN10/c1-15-14-35(9-10-36(15)25(3,4)5)19-12-27-24(32-23(19)30-21-13-28-34(6)33-21)31-20-11-18(17-7-8-17)22(26)16(2)29-20/h11-13,15,17H,7-10,14H2,1-6H3,(H2,27,29,30,31,32,33). The van der Waals surface area contributed by atoms with E-state index in [0.29, 0.717) is 35.4 Å². The van der Waals surface area contributed by atoms with Crippen molar-refractivity contribution in [2.24, 2.45) is 7.05 Å². The summed E-state index contributed by atoms with van der Waals surface area (Å²) in [4.78, 5) is 20.5. The van der Waals surface area contributed by atoms with Gasteiger partial charge in [0.25, 0.3) is 0 Å². The van der Waals surface area contributed by atoms with Crippen molar-refractivity contribution in [2.75, 3.05) is 35.2 Å².